The van der Waals surface area contributed by atoms with E-state index in [0.29, 0.717) is 0 Å². The van der Waals surface area contributed by atoms with E-state index in [9.17, 15) is 9.59 Å². The molecule has 0 aliphatic carbocycles. The van der Waals surface area contributed by atoms with Gasteiger partial charge in [-0.15, -0.1) is 11.8 Å². The number of hydrogen-bond donors (Lipinski definition) is 1. The minimum Gasteiger partial charge on any atom is -0.295 e. The Bertz CT molecular complexity index is 627. The van der Waals surface area contributed by atoms with Crippen molar-refractivity contribution in [3.8, 4) is 0 Å². The second kappa shape index (κ2) is 4.86. The third kappa shape index (κ3) is 2.27. The average molecular weight is 287 g/mol. The van der Waals surface area contributed by atoms with Gasteiger partial charge in [0.2, 0.25) is 11.8 Å². The van der Waals surface area contributed by atoms with Gasteiger partial charge in [-0.05, 0) is 13.0 Å². The van der Waals surface area contributed by atoms with Gasteiger partial charge in [-0.2, -0.15) is 10.2 Å². The number of nitrogens with zero attached hydrogens (tertiary/aromatic N) is 2. The van der Waals surface area contributed by atoms with Crippen molar-refractivity contribution in [3.63, 3.8) is 0 Å². The zero-order valence-electron chi connectivity index (χ0n) is 10.9. The Hall–Kier alpha value is -1.95. The quantitative estimate of drug-likeness (QED) is 0.846. The number of rotatable bonds is 2. The van der Waals surface area contributed by atoms with Gasteiger partial charge in [-0.3, -0.25) is 14.9 Å². The van der Waals surface area contributed by atoms with Crippen LogP contribution in [0.4, 0.5) is 0 Å². The van der Waals surface area contributed by atoms with Crippen molar-refractivity contribution in [1.29, 1.82) is 0 Å². The molecule has 2 atom stereocenters. The van der Waals surface area contributed by atoms with E-state index in [-0.39, 0.29) is 17.6 Å². The summed E-state index contributed by atoms with van der Waals surface area (Å²) in [6.45, 7) is 1.86. The number of azo groups is 1. The molecule has 20 heavy (non-hydrogen) atoms. The minimum atomic E-state index is -0.708. The van der Waals surface area contributed by atoms with Crippen LogP contribution in [0.15, 0.2) is 46.6 Å². The van der Waals surface area contributed by atoms with Crippen molar-refractivity contribution in [3.05, 3.63) is 42.0 Å². The van der Waals surface area contributed by atoms with Gasteiger partial charge in [0.1, 0.15) is 10.8 Å². The molecule has 2 aliphatic rings. The van der Waals surface area contributed by atoms with Crippen LogP contribution in [0.2, 0.25) is 0 Å². The van der Waals surface area contributed by atoms with Crippen molar-refractivity contribution >= 4 is 29.3 Å². The molecule has 0 bridgehead atoms. The van der Waals surface area contributed by atoms with Gasteiger partial charge < -0.3 is 0 Å². The van der Waals surface area contributed by atoms with Crippen LogP contribution in [0, 0.1) is 0 Å². The third-order valence-electron chi connectivity index (χ3n) is 3.28. The zero-order valence-corrected chi connectivity index (χ0v) is 11.7. The predicted molar refractivity (Wildman–Crippen MR) is 77.1 cm³/mol. The van der Waals surface area contributed by atoms with Gasteiger partial charge in [0.05, 0.1) is 11.4 Å². The number of imide groups is 1. The summed E-state index contributed by atoms with van der Waals surface area (Å²) >= 11 is 1.31. The largest absolute Gasteiger partial charge is 0.295 e. The van der Waals surface area contributed by atoms with E-state index >= 15 is 0 Å². The van der Waals surface area contributed by atoms with Crippen molar-refractivity contribution in [1.82, 2.24) is 5.32 Å². The Kier molecular flexibility index (Phi) is 3.17. The molecule has 2 aliphatic heterocycles. The molecule has 2 amide bonds. The van der Waals surface area contributed by atoms with Gasteiger partial charge in [-0.1, -0.05) is 30.3 Å². The smallest absolute Gasteiger partial charge is 0.242 e. The monoisotopic (exact) mass is 287 g/mol. The summed E-state index contributed by atoms with van der Waals surface area (Å²) in [5.74, 6) is -0.268. The van der Waals surface area contributed by atoms with E-state index in [1.807, 2.05) is 43.3 Å². The third-order valence-corrected chi connectivity index (χ3v) is 4.74. The highest BCUT2D eigenvalue weighted by molar-refractivity contribution is 8.01. The lowest BCUT2D eigenvalue weighted by Gasteiger charge is -2.29. The first-order valence-corrected chi connectivity index (χ1v) is 7.30. The Morgan fingerprint density at radius 3 is 2.75 bits per heavy atom. The summed E-state index contributed by atoms with van der Waals surface area (Å²) in [5, 5.41) is 10.4. The van der Waals surface area contributed by atoms with Gasteiger partial charge in [0, 0.05) is 5.56 Å². The SMILES string of the molecule is CC1(C2SCC(=O)NC2=O)C=C(c2ccccc2)N=N1. The maximum absolute atomic E-state index is 12.0. The van der Waals surface area contributed by atoms with Crippen LogP contribution < -0.4 is 5.32 Å². The Morgan fingerprint density at radius 2 is 2.05 bits per heavy atom. The number of thioether (sulfide) groups is 1. The maximum Gasteiger partial charge on any atom is 0.242 e. The molecule has 1 saturated heterocycles. The van der Waals surface area contributed by atoms with Gasteiger partial charge in [0.15, 0.2) is 0 Å². The molecule has 1 aromatic rings. The Balaban J connectivity index is 1.88. The zero-order chi connectivity index (χ0) is 14.2. The topological polar surface area (TPSA) is 70.9 Å². The summed E-state index contributed by atoms with van der Waals surface area (Å²) < 4.78 is 0. The normalized spacial score (nSPS) is 29.2. The van der Waals surface area contributed by atoms with Crippen molar-refractivity contribution in [2.24, 2.45) is 10.2 Å². The summed E-state index contributed by atoms with van der Waals surface area (Å²) in [4.78, 5) is 23.2. The fourth-order valence-electron chi connectivity index (χ4n) is 2.28. The van der Waals surface area contributed by atoms with E-state index in [2.05, 4.69) is 15.5 Å². The van der Waals surface area contributed by atoms with Gasteiger partial charge >= 0.3 is 0 Å². The molecular weight excluding hydrogens is 274 g/mol. The lowest BCUT2D eigenvalue weighted by Crippen LogP contribution is -2.51. The summed E-state index contributed by atoms with van der Waals surface area (Å²) in [7, 11) is 0. The van der Waals surface area contributed by atoms with Gasteiger partial charge in [0.25, 0.3) is 0 Å². The summed E-state index contributed by atoms with van der Waals surface area (Å²) in [5.41, 5.74) is 1.02. The molecule has 5 nitrogen and oxygen atoms in total. The van der Waals surface area contributed by atoms with E-state index < -0.39 is 10.8 Å². The van der Waals surface area contributed by atoms with Crippen LogP contribution in [0.25, 0.3) is 5.70 Å². The molecule has 1 N–H and O–H groups in total. The molecule has 3 rings (SSSR count). The standard InChI is InChI=1S/C14H13N3O2S/c1-14(12-13(19)15-11(18)8-20-12)7-10(16-17-14)9-5-3-2-4-6-9/h2-7,12H,8H2,1H3,(H,15,18,19). The maximum atomic E-state index is 12.0. The number of benzene rings is 1. The molecule has 1 fully saturated rings. The fourth-order valence-corrected chi connectivity index (χ4v) is 3.34. The van der Waals surface area contributed by atoms with Gasteiger partial charge in [-0.25, -0.2) is 0 Å². The van der Waals surface area contributed by atoms with Crippen molar-refractivity contribution in [2.75, 3.05) is 5.75 Å². The number of amides is 2. The lowest BCUT2D eigenvalue weighted by molar-refractivity contribution is -0.129. The van der Waals surface area contributed by atoms with Crippen LogP contribution in [0.1, 0.15) is 12.5 Å². The van der Waals surface area contributed by atoms with E-state index in [1.54, 1.807) is 0 Å². The molecule has 2 heterocycles. The molecule has 6 heteroatoms. The van der Waals surface area contributed by atoms with Crippen LogP contribution >= 0.6 is 11.8 Å². The van der Waals surface area contributed by atoms with Crippen LogP contribution in [0.3, 0.4) is 0 Å². The van der Waals surface area contributed by atoms with Crippen molar-refractivity contribution in [2.45, 2.75) is 17.7 Å². The van der Waals surface area contributed by atoms with Crippen LogP contribution in [-0.4, -0.2) is 28.4 Å². The van der Waals surface area contributed by atoms with Crippen LogP contribution in [-0.2, 0) is 9.59 Å². The Labute approximate surface area is 120 Å². The summed E-state index contributed by atoms with van der Waals surface area (Å²) in [6.07, 6.45) is 1.90. The van der Waals surface area contributed by atoms with E-state index in [1.165, 1.54) is 11.8 Å². The molecule has 0 aromatic heterocycles. The van der Waals surface area contributed by atoms with Crippen LogP contribution in [0.5, 0.6) is 0 Å². The summed E-state index contributed by atoms with van der Waals surface area (Å²) in [6, 6.07) is 9.71. The van der Waals surface area contributed by atoms with E-state index in [0.717, 1.165) is 11.3 Å². The molecule has 2 unspecified atom stereocenters. The average Bonchev–Trinajstić information content (AvgIpc) is 2.83. The molecule has 1 aromatic carbocycles. The number of carbonyl (C=O) groups excluding carboxylic acids is 2. The van der Waals surface area contributed by atoms with Crippen molar-refractivity contribution < 1.29 is 9.59 Å². The highest BCUT2D eigenvalue weighted by Gasteiger charge is 2.44. The van der Waals surface area contributed by atoms with E-state index in [4.69, 9.17) is 0 Å². The first kappa shape index (κ1) is 13.1. The highest BCUT2D eigenvalue weighted by atomic mass is 32.2. The number of nitrogens with one attached hydrogen (secondary N) is 1. The predicted octanol–water partition coefficient (Wildman–Crippen LogP) is 2.01. The minimum absolute atomic E-state index is 0.248. The second-order valence-electron chi connectivity index (χ2n) is 4.92. The fraction of sp³-hybridized carbons (Fsp3) is 0.286. The number of carbonyl (C=O) groups is 2. The molecule has 0 spiro atoms. The first-order chi connectivity index (χ1) is 9.58. The molecular formula is C14H13N3O2S. The Morgan fingerprint density at radius 1 is 1.30 bits per heavy atom. The number of hydrogen-bond acceptors (Lipinski definition) is 5. The molecule has 0 saturated carbocycles. The first-order valence-electron chi connectivity index (χ1n) is 6.25. The second-order valence-corrected chi connectivity index (χ2v) is 6.02. The highest BCUT2D eigenvalue weighted by Crippen LogP contribution is 2.38. The molecule has 0 radical (unpaired) electrons. The molecule has 102 valence electrons. The lowest BCUT2D eigenvalue weighted by atomic mass is 9.95.